The molecular weight excluding hydrogens is 184 g/mol. The Hall–Kier alpha value is -1.06. The van der Waals surface area contributed by atoms with Gasteiger partial charge in [0, 0.05) is 6.42 Å². The Morgan fingerprint density at radius 2 is 1.71 bits per heavy atom. The van der Waals surface area contributed by atoms with E-state index in [1.54, 1.807) is 6.92 Å². The van der Waals surface area contributed by atoms with Crippen LogP contribution in [0, 0.1) is 11.8 Å². The van der Waals surface area contributed by atoms with Crippen LogP contribution in [0.1, 0.15) is 26.7 Å². The summed E-state index contributed by atoms with van der Waals surface area (Å²) in [5, 5.41) is 0. The third-order valence-electron chi connectivity index (χ3n) is 2.46. The molecule has 4 heteroatoms. The molecule has 0 spiro atoms. The first-order valence-electron chi connectivity index (χ1n) is 4.67. The van der Waals surface area contributed by atoms with Gasteiger partial charge < -0.3 is 9.47 Å². The molecule has 0 saturated carbocycles. The standard InChI is InChI=1S/C10H18O4/c1-7(5-6-9(11)13-3)8(2)10(12)14-4/h7-8H,5-6H2,1-4H3/t7-,8+/m1/s1. The van der Waals surface area contributed by atoms with Crippen molar-refractivity contribution >= 4 is 11.9 Å². The number of esters is 2. The molecule has 2 atom stereocenters. The first kappa shape index (κ1) is 12.9. The second-order valence-corrected chi connectivity index (χ2v) is 3.40. The Kier molecular flexibility index (Phi) is 5.92. The third kappa shape index (κ3) is 4.25. The van der Waals surface area contributed by atoms with Gasteiger partial charge in [0.25, 0.3) is 0 Å². The highest BCUT2D eigenvalue weighted by molar-refractivity contribution is 5.72. The number of hydrogen-bond donors (Lipinski definition) is 0. The summed E-state index contributed by atoms with van der Waals surface area (Å²) in [5.41, 5.74) is 0. The Morgan fingerprint density at radius 3 is 2.14 bits per heavy atom. The molecule has 0 amide bonds. The van der Waals surface area contributed by atoms with Crippen LogP contribution in [0.15, 0.2) is 0 Å². The van der Waals surface area contributed by atoms with Crippen molar-refractivity contribution in [2.75, 3.05) is 14.2 Å². The molecule has 0 rings (SSSR count). The van der Waals surface area contributed by atoms with Gasteiger partial charge in [-0.1, -0.05) is 13.8 Å². The first-order valence-corrected chi connectivity index (χ1v) is 4.67. The average molecular weight is 202 g/mol. The van der Waals surface area contributed by atoms with Crippen molar-refractivity contribution in [1.82, 2.24) is 0 Å². The number of methoxy groups -OCH3 is 2. The number of ether oxygens (including phenoxy) is 2. The van der Waals surface area contributed by atoms with E-state index >= 15 is 0 Å². The Balaban J connectivity index is 3.89. The fourth-order valence-corrected chi connectivity index (χ4v) is 1.12. The summed E-state index contributed by atoms with van der Waals surface area (Å²) in [6.07, 6.45) is 0.988. The molecule has 4 nitrogen and oxygen atoms in total. The Labute approximate surface area is 84.6 Å². The zero-order valence-corrected chi connectivity index (χ0v) is 9.20. The lowest BCUT2D eigenvalue weighted by Crippen LogP contribution is -2.21. The molecule has 0 heterocycles. The smallest absolute Gasteiger partial charge is 0.308 e. The van der Waals surface area contributed by atoms with Crippen LogP contribution in [0.4, 0.5) is 0 Å². The van der Waals surface area contributed by atoms with E-state index in [0.717, 1.165) is 0 Å². The highest BCUT2D eigenvalue weighted by atomic mass is 16.5. The van der Waals surface area contributed by atoms with Crippen LogP contribution < -0.4 is 0 Å². The predicted octanol–water partition coefficient (Wildman–Crippen LogP) is 1.38. The lowest BCUT2D eigenvalue weighted by Gasteiger charge is -2.16. The molecule has 0 saturated heterocycles. The molecule has 0 radical (unpaired) electrons. The summed E-state index contributed by atoms with van der Waals surface area (Å²) in [6.45, 7) is 3.72. The highest BCUT2D eigenvalue weighted by Crippen LogP contribution is 2.18. The molecule has 14 heavy (non-hydrogen) atoms. The van der Waals surface area contributed by atoms with Gasteiger partial charge in [0.15, 0.2) is 0 Å². The van der Waals surface area contributed by atoms with Crippen molar-refractivity contribution < 1.29 is 19.1 Å². The van der Waals surface area contributed by atoms with Crippen molar-refractivity contribution in [3.05, 3.63) is 0 Å². The van der Waals surface area contributed by atoms with Crippen molar-refractivity contribution in [3.63, 3.8) is 0 Å². The Bertz CT molecular complexity index is 200. The first-order chi connectivity index (χ1) is 6.52. The summed E-state index contributed by atoms with van der Waals surface area (Å²) in [5.74, 6) is -0.525. The van der Waals surface area contributed by atoms with Gasteiger partial charge in [-0.25, -0.2) is 0 Å². The quantitative estimate of drug-likeness (QED) is 0.632. The van der Waals surface area contributed by atoms with Crippen molar-refractivity contribution in [1.29, 1.82) is 0 Å². The molecule has 82 valence electrons. The summed E-state index contributed by atoms with van der Waals surface area (Å²) >= 11 is 0. The maximum atomic E-state index is 11.1. The van der Waals surface area contributed by atoms with Gasteiger partial charge in [0.05, 0.1) is 20.1 Å². The molecule has 0 unspecified atom stereocenters. The molecule has 0 fully saturated rings. The SMILES string of the molecule is COC(=O)CC[C@@H](C)[C@H](C)C(=O)OC. The maximum Gasteiger partial charge on any atom is 0.308 e. The topological polar surface area (TPSA) is 52.6 Å². The molecule has 0 aromatic carbocycles. The van der Waals surface area contributed by atoms with Crippen LogP contribution >= 0.6 is 0 Å². The van der Waals surface area contributed by atoms with E-state index < -0.39 is 0 Å². The normalized spacial score (nSPS) is 14.3. The maximum absolute atomic E-state index is 11.1. The van der Waals surface area contributed by atoms with Crippen LogP contribution in [0.25, 0.3) is 0 Å². The Morgan fingerprint density at radius 1 is 1.14 bits per heavy atom. The minimum Gasteiger partial charge on any atom is -0.469 e. The van der Waals surface area contributed by atoms with Crippen LogP contribution in [0.5, 0.6) is 0 Å². The molecule has 0 bridgehead atoms. The van der Waals surface area contributed by atoms with E-state index in [9.17, 15) is 9.59 Å². The second kappa shape index (κ2) is 6.40. The minimum absolute atomic E-state index is 0.126. The van der Waals surface area contributed by atoms with Crippen molar-refractivity contribution in [2.24, 2.45) is 11.8 Å². The van der Waals surface area contributed by atoms with Crippen molar-refractivity contribution in [2.45, 2.75) is 26.7 Å². The molecule has 0 aliphatic heterocycles. The van der Waals surface area contributed by atoms with Gasteiger partial charge in [0.1, 0.15) is 0 Å². The van der Waals surface area contributed by atoms with E-state index in [2.05, 4.69) is 9.47 Å². The van der Waals surface area contributed by atoms with E-state index in [4.69, 9.17) is 0 Å². The number of hydrogen-bond acceptors (Lipinski definition) is 4. The monoisotopic (exact) mass is 202 g/mol. The fraction of sp³-hybridized carbons (Fsp3) is 0.800. The van der Waals surface area contributed by atoms with Crippen LogP contribution in [0.3, 0.4) is 0 Å². The second-order valence-electron chi connectivity index (χ2n) is 3.40. The molecular formula is C10H18O4. The van der Waals surface area contributed by atoms with Gasteiger partial charge in [-0.15, -0.1) is 0 Å². The van der Waals surface area contributed by atoms with Gasteiger partial charge in [-0.2, -0.15) is 0 Å². The van der Waals surface area contributed by atoms with Crippen LogP contribution in [0.2, 0.25) is 0 Å². The molecule has 0 N–H and O–H groups in total. The number of rotatable bonds is 5. The molecule has 0 aliphatic carbocycles. The van der Waals surface area contributed by atoms with E-state index in [-0.39, 0.29) is 23.8 Å². The summed E-state index contributed by atoms with van der Waals surface area (Å²) < 4.78 is 9.12. The summed E-state index contributed by atoms with van der Waals surface area (Å²) in [6, 6.07) is 0. The molecule has 0 aromatic rings. The van der Waals surface area contributed by atoms with E-state index in [1.165, 1.54) is 14.2 Å². The summed E-state index contributed by atoms with van der Waals surface area (Å²) in [4.78, 5) is 22.0. The number of carbonyl (C=O) groups is 2. The van der Waals surface area contributed by atoms with Crippen molar-refractivity contribution in [3.8, 4) is 0 Å². The number of carbonyl (C=O) groups excluding carboxylic acids is 2. The van der Waals surface area contributed by atoms with Crippen LogP contribution in [-0.2, 0) is 19.1 Å². The van der Waals surface area contributed by atoms with Gasteiger partial charge >= 0.3 is 11.9 Å². The molecule has 0 aromatic heterocycles. The van der Waals surface area contributed by atoms with Gasteiger partial charge in [-0.3, -0.25) is 9.59 Å². The predicted molar refractivity (Wildman–Crippen MR) is 51.6 cm³/mol. The highest BCUT2D eigenvalue weighted by Gasteiger charge is 2.21. The lowest BCUT2D eigenvalue weighted by molar-refractivity contribution is -0.147. The zero-order chi connectivity index (χ0) is 11.1. The fourth-order valence-electron chi connectivity index (χ4n) is 1.12. The average Bonchev–Trinajstić information content (AvgIpc) is 2.22. The molecule has 0 aliphatic rings. The summed E-state index contributed by atoms with van der Waals surface area (Å²) in [7, 11) is 2.72. The minimum atomic E-state index is -0.242. The van der Waals surface area contributed by atoms with Crippen LogP contribution in [-0.4, -0.2) is 26.2 Å². The lowest BCUT2D eigenvalue weighted by atomic mass is 9.92. The third-order valence-corrected chi connectivity index (χ3v) is 2.46. The largest absolute Gasteiger partial charge is 0.469 e. The van der Waals surface area contributed by atoms with E-state index in [1.807, 2.05) is 6.92 Å². The van der Waals surface area contributed by atoms with E-state index in [0.29, 0.717) is 12.8 Å². The zero-order valence-electron chi connectivity index (χ0n) is 9.20. The van der Waals surface area contributed by atoms with Gasteiger partial charge in [0.2, 0.25) is 0 Å². The van der Waals surface area contributed by atoms with Gasteiger partial charge in [-0.05, 0) is 12.3 Å².